The monoisotopic (exact) mass is 847 g/mol. The summed E-state index contributed by atoms with van der Waals surface area (Å²) >= 11 is 0. The van der Waals surface area contributed by atoms with Crippen molar-refractivity contribution >= 4 is 19.8 Å². The normalized spacial score (nSPS) is 15.0. The number of aliphatic hydroxyl groups is 1. The van der Waals surface area contributed by atoms with Crippen LogP contribution < -0.4 is 0 Å². The third-order valence-electron chi connectivity index (χ3n) is 8.67. The second-order valence-electron chi connectivity index (χ2n) is 15.6. The lowest BCUT2D eigenvalue weighted by atomic mass is 10.2. The molecule has 0 aromatic heterocycles. The molecule has 2 N–H and O–H groups in total. The highest BCUT2D eigenvalue weighted by molar-refractivity contribution is 7.47. The summed E-state index contributed by atoms with van der Waals surface area (Å²) < 4.78 is 34.1. The third-order valence-corrected chi connectivity index (χ3v) is 9.65. The molecular formula is C48H81NO9P+. The summed E-state index contributed by atoms with van der Waals surface area (Å²) in [6.07, 6.45) is 47.8. The van der Waals surface area contributed by atoms with E-state index in [1.54, 1.807) is 6.08 Å². The fourth-order valence-corrected chi connectivity index (χ4v) is 5.88. The topological polar surface area (TPSA) is 129 Å². The molecule has 0 saturated heterocycles. The van der Waals surface area contributed by atoms with Gasteiger partial charge < -0.3 is 24.0 Å². The molecule has 0 amide bonds. The van der Waals surface area contributed by atoms with Gasteiger partial charge in [-0.2, -0.15) is 0 Å². The van der Waals surface area contributed by atoms with Crippen molar-refractivity contribution in [1.82, 2.24) is 0 Å². The number of aliphatic hydroxyl groups excluding tert-OH is 1. The lowest BCUT2D eigenvalue weighted by molar-refractivity contribution is -0.870. The molecule has 0 radical (unpaired) electrons. The van der Waals surface area contributed by atoms with Crippen molar-refractivity contribution in [3.63, 3.8) is 0 Å². The standard InChI is InChI=1S/C48H80NO9P/c1-6-8-10-12-14-15-16-17-18-19-20-21-22-23-27-32-36-40-48(52)58-46(44-57-59(53,54)56-42-41-49(3,4)5)43-55-47(51)39-35-31-28-24-26-30-34-38-45(50)37-33-29-25-13-11-9-7-2/h14-15,17-18,20-21,23-25,27-30,33-34,37,45-46,50H,6-13,16,19,22,26,31-32,35-36,38-44H2,1-5H3/p+1/b15-14-,18-17-,21-20-,27-23-,28-24+,29-25-,34-30-,37-33-/t45-,46-/m1/s1. The fourth-order valence-electron chi connectivity index (χ4n) is 5.14. The number of unbranched alkanes of at least 4 members (excludes halogenated alkanes) is 8. The molecule has 11 heteroatoms. The highest BCUT2D eigenvalue weighted by atomic mass is 31.2. The smallest absolute Gasteiger partial charge is 0.462 e. The van der Waals surface area contributed by atoms with Crippen molar-refractivity contribution in [3.8, 4) is 0 Å². The summed E-state index contributed by atoms with van der Waals surface area (Å²) in [6, 6.07) is 0. The molecule has 0 bridgehead atoms. The van der Waals surface area contributed by atoms with E-state index in [9.17, 15) is 24.2 Å². The van der Waals surface area contributed by atoms with Crippen molar-refractivity contribution in [2.45, 2.75) is 148 Å². The Hall–Kier alpha value is -3.11. The second-order valence-corrected chi connectivity index (χ2v) is 17.0. The van der Waals surface area contributed by atoms with E-state index in [0.717, 1.165) is 38.5 Å². The Morgan fingerprint density at radius 3 is 1.64 bits per heavy atom. The minimum absolute atomic E-state index is 0.00296. The van der Waals surface area contributed by atoms with Gasteiger partial charge in [0.15, 0.2) is 6.10 Å². The van der Waals surface area contributed by atoms with Crippen molar-refractivity contribution in [2.24, 2.45) is 0 Å². The molecule has 59 heavy (non-hydrogen) atoms. The first-order chi connectivity index (χ1) is 28.4. The van der Waals surface area contributed by atoms with Crippen LogP contribution >= 0.6 is 7.82 Å². The number of esters is 2. The highest BCUT2D eigenvalue weighted by Gasteiger charge is 2.27. The van der Waals surface area contributed by atoms with Gasteiger partial charge in [-0.05, 0) is 83.5 Å². The van der Waals surface area contributed by atoms with Crippen LogP contribution in [0.5, 0.6) is 0 Å². The maximum Gasteiger partial charge on any atom is 0.472 e. The van der Waals surface area contributed by atoms with Crippen molar-refractivity contribution < 1.29 is 47.2 Å². The molecule has 10 nitrogen and oxygen atoms in total. The van der Waals surface area contributed by atoms with Gasteiger partial charge in [0.05, 0.1) is 33.9 Å². The zero-order valence-corrected chi connectivity index (χ0v) is 38.2. The molecule has 0 aliphatic heterocycles. The molecule has 0 rings (SSSR count). The van der Waals surface area contributed by atoms with E-state index >= 15 is 0 Å². The fraction of sp³-hybridized carbons (Fsp3) is 0.625. The quantitative estimate of drug-likeness (QED) is 0.0156. The van der Waals surface area contributed by atoms with Crippen LogP contribution in [0.3, 0.4) is 0 Å². The summed E-state index contributed by atoms with van der Waals surface area (Å²) in [6.45, 7) is 4.11. The predicted molar refractivity (Wildman–Crippen MR) is 244 cm³/mol. The zero-order valence-electron chi connectivity index (χ0n) is 37.3. The molecule has 0 spiro atoms. The number of ether oxygens (including phenoxy) is 2. The van der Waals surface area contributed by atoms with Crippen molar-refractivity contribution in [2.75, 3.05) is 47.5 Å². The van der Waals surface area contributed by atoms with Gasteiger partial charge in [-0.25, -0.2) is 4.57 Å². The number of likely N-dealkylation sites (N-methyl/N-ethyl adjacent to an activating group) is 1. The van der Waals surface area contributed by atoms with Gasteiger partial charge in [-0.3, -0.25) is 18.6 Å². The zero-order chi connectivity index (χ0) is 43.7. The van der Waals surface area contributed by atoms with Gasteiger partial charge >= 0.3 is 19.8 Å². The summed E-state index contributed by atoms with van der Waals surface area (Å²) in [4.78, 5) is 35.3. The van der Waals surface area contributed by atoms with E-state index in [4.69, 9.17) is 18.5 Å². The number of hydrogen-bond donors (Lipinski definition) is 2. The van der Waals surface area contributed by atoms with Crippen LogP contribution in [0.4, 0.5) is 0 Å². The molecule has 0 heterocycles. The van der Waals surface area contributed by atoms with Crippen LogP contribution in [0.15, 0.2) is 97.2 Å². The van der Waals surface area contributed by atoms with Gasteiger partial charge in [0, 0.05) is 12.8 Å². The van der Waals surface area contributed by atoms with Gasteiger partial charge in [0.1, 0.15) is 19.8 Å². The van der Waals surface area contributed by atoms with Crippen molar-refractivity contribution in [3.05, 3.63) is 97.2 Å². The minimum atomic E-state index is -4.42. The molecule has 0 aromatic rings. The maximum atomic E-state index is 12.7. The Morgan fingerprint density at radius 2 is 1.10 bits per heavy atom. The summed E-state index contributed by atoms with van der Waals surface area (Å²) in [5.74, 6) is -0.983. The van der Waals surface area contributed by atoms with Crippen LogP contribution in [0.25, 0.3) is 0 Å². The first-order valence-corrected chi connectivity index (χ1v) is 23.6. The number of nitrogens with zero attached hydrogens (tertiary/aromatic N) is 1. The second kappa shape index (κ2) is 39.1. The van der Waals surface area contributed by atoms with E-state index < -0.39 is 38.6 Å². The Labute approximate surface area is 358 Å². The molecule has 336 valence electrons. The number of quaternary nitrogens is 1. The number of phosphoric ester groups is 1. The van der Waals surface area contributed by atoms with E-state index in [1.807, 2.05) is 63.7 Å². The van der Waals surface area contributed by atoms with E-state index in [2.05, 4.69) is 62.5 Å². The molecule has 1 unspecified atom stereocenters. The maximum absolute atomic E-state index is 12.7. The average Bonchev–Trinajstić information content (AvgIpc) is 3.18. The summed E-state index contributed by atoms with van der Waals surface area (Å²) in [5, 5.41) is 10.1. The van der Waals surface area contributed by atoms with Gasteiger partial charge in [-0.15, -0.1) is 0 Å². The number of carbonyl (C=O) groups excluding carboxylic acids is 2. The average molecular weight is 847 g/mol. The minimum Gasteiger partial charge on any atom is -0.462 e. The molecular weight excluding hydrogens is 765 g/mol. The molecule has 0 aromatic carbocycles. The highest BCUT2D eigenvalue weighted by Crippen LogP contribution is 2.43. The SMILES string of the molecule is CCCCC/C=C\C=C/[C@@H](O)C/C=C\C/C=C/CCCC(=O)OC[C@H](COP(=O)(O)OCC[N+](C)(C)C)OC(=O)CCC/C=C\C/C=C\C/C=C\C/C=C\CCCCC. The Morgan fingerprint density at radius 1 is 0.610 bits per heavy atom. The Bertz CT molecular complexity index is 1340. The molecule has 3 atom stereocenters. The largest absolute Gasteiger partial charge is 0.472 e. The van der Waals surface area contributed by atoms with E-state index in [-0.39, 0.29) is 26.1 Å². The number of phosphoric acid groups is 1. The Kier molecular flexibility index (Phi) is 37.0. The first-order valence-electron chi connectivity index (χ1n) is 22.1. The summed E-state index contributed by atoms with van der Waals surface area (Å²) in [5.41, 5.74) is 0. The first kappa shape index (κ1) is 55.9. The number of rotatable bonds is 38. The lowest BCUT2D eigenvalue weighted by Gasteiger charge is -2.24. The number of allylic oxidation sites excluding steroid dienone is 14. The van der Waals surface area contributed by atoms with Gasteiger partial charge in [0.25, 0.3) is 0 Å². The van der Waals surface area contributed by atoms with Crippen LogP contribution in [0.2, 0.25) is 0 Å². The van der Waals surface area contributed by atoms with Crippen LogP contribution in [-0.2, 0) is 32.7 Å². The molecule has 0 aliphatic rings. The molecule has 0 saturated carbocycles. The van der Waals surface area contributed by atoms with Crippen molar-refractivity contribution in [1.29, 1.82) is 0 Å². The van der Waals surface area contributed by atoms with E-state index in [1.165, 1.54) is 38.5 Å². The van der Waals surface area contributed by atoms with Crippen LogP contribution in [-0.4, -0.2) is 86.1 Å². The molecule has 0 aliphatic carbocycles. The van der Waals surface area contributed by atoms with Crippen LogP contribution in [0.1, 0.15) is 136 Å². The Balaban J connectivity index is 4.63. The van der Waals surface area contributed by atoms with Crippen LogP contribution in [0, 0.1) is 0 Å². The van der Waals surface area contributed by atoms with Gasteiger partial charge in [-0.1, -0.05) is 137 Å². The lowest BCUT2D eigenvalue weighted by Crippen LogP contribution is -2.37. The number of hydrogen-bond acceptors (Lipinski definition) is 8. The van der Waals surface area contributed by atoms with E-state index in [0.29, 0.717) is 43.1 Å². The molecule has 0 fully saturated rings. The van der Waals surface area contributed by atoms with Gasteiger partial charge in [0.2, 0.25) is 0 Å². The summed E-state index contributed by atoms with van der Waals surface area (Å²) in [7, 11) is 1.36. The third kappa shape index (κ3) is 42.8. The number of carbonyl (C=O) groups is 2. The predicted octanol–water partition coefficient (Wildman–Crippen LogP) is 11.5.